The molecule has 19 heavy (non-hydrogen) atoms. The van der Waals surface area contributed by atoms with Crippen LogP contribution >= 0.6 is 0 Å². The van der Waals surface area contributed by atoms with Crippen LogP contribution in [0.15, 0.2) is 0 Å². The fourth-order valence-electron chi connectivity index (χ4n) is 3.62. The molecule has 1 unspecified atom stereocenters. The zero-order valence-corrected chi connectivity index (χ0v) is 14.0. The fourth-order valence-corrected chi connectivity index (χ4v) is 3.62. The summed E-state index contributed by atoms with van der Waals surface area (Å²) in [6, 6.07) is 0. The van der Waals surface area contributed by atoms with Crippen molar-refractivity contribution in [2.75, 3.05) is 26.2 Å². The van der Waals surface area contributed by atoms with Crippen molar-refractivity contribution in [3.8, 4) is 0 Å². The molecular weight excluding hydrogens is 232 g/mol. The summed E-state index contributed by atoms with van der Waals surface area (Å²) in [5.41, 5.74) is 7.01. The van der Waals surface area contributed by atoms with E-state index in [0.29, 0.717) is 16.7 Å². The van der Waals surface area contributed by atoms with Crippen molar-refractivity contribution in [2.45, 2.75) is 66.7 Å². The molecule has 1 fully saturated rings. The van der Waals surface area contributed by atoms with Crippen LogP contribution in [0.4, 0.5) is 0 Å². The Morgan fingerprint density at radius 3 is 2.00 bits per heavy atom. The van der Waals surface area contributed by atoms with E-state index < -0.39 is 0 Å². The average Bonchev–Trinajstić information content (AvgIpc) is 2.37. The van der Waals surface area contributed by atoms with Crippen molar-refractivity contribution in [3.05, 3.63) is 0 Å². The summed E-state index contributed by atoms with van der Waals surface area (Å²) < 4.78 is 0. The summed E-state index contributed by atoms with van der Waals surface area (Å²) in [5.74, 6) is 0.663. The predicted molar refractivity (Wildman–Crippen MR) is 85.3 cm³/mol. The summed E-state index contributed by atoms with van der Waals surface area (Å²) in [7, 11) is 0. The van der Waals surface area contributed by atoms with Crippen LogP contribution in [0, 0.1) is 16.7 Å². The quantitative estimate of drug-likeness (QED) is 0.791. The molecule has 2 nitrogen and oxygen atoms in total. The molecule has 0 aromatic heterocycles. The zero-order valence-electron chi connectivity index (χ0n) is 14.0. The van der Waals surface area contributed by atoms with Gasteiger partial charge in [0.2, 0.25) is 0 Å². The number of likely N-dealkylation sites (tertiary alicyclic amines) is 1. The van der Waals surface area contributed by atoms with Crippen molar-refractivity contribution in [1.82, 2.24) is 4.90 Å². The molecular formula is C17H36N2. The number of nitrogens with two attached hydrogens (primary N) is 1. The number of piperidine rings is 1. The number of hydrogen-bond donors (Lipinski definition) is 1. The van der Waals surface area contributed by atoms with Crippen LogP contribution in [0.5, 0.6) is 0 Å². The molecule has 0 aromatic rings. The summed E-state index contributed by atoms with van der Waals surface area (Å²) >= 11 is 0. The van der Waals surface area contributed by atoms with E-state index in [0.717, 1.165) is 6.54 Å². The lowest BCUT2D eigenvalue weighted by Gasteiger charge is -2.42. The van der Waals surface area contributed by atoms with Gasteiger partial charge in [0.05, 0.1) is 0 Å². The first-order valence-electron chi connectivity index (χ1n) is 8.26. The third-order valence-electron chi connectivity index (χ3n) is 5.17. The van der Waals surface area contributed by atoms with Crippen LogP contribution in [0.25, 0.3) is 0 Å². The SMILES string of the molecule is CCC1(CC)CCN(CC(CN)CC(C)(C)C)CC1. The van der Waals surface area contributed by atoms with E-state index in [-0.39, 0.29) is 0 Å². The molecule has 114 valence electrons. The van der Waals surface area contributed by atoms with Crippen molar-refractivity contribution < 1.29 is 0 Å². The van der Waals surface area contributed by atoms with E-state index in [1.54, 1.807) is 0 Å². The van der Waals surface area contributed by atoms with E-state index in [1.807, 2.05) is 0 Å². The Morgan fingerprint density at radius 2 is 1.63 bits per heavy atom. The molecule has 0 amide bonds. The molecule has 0 aliphatic carbocycles. The Kier molecular flexibility index (Phi) is 6.32. The van der Waals surface area contributed by atoms with Gasteiger partial charge in [0.25, 0.3) is 0 Å². The van der Waals surface area contributed by atoms with Gasteiger partial charge in [-0.25, -0.2) is 0 Å². The maximum Gasteiger partial charge on any atom is 0.00219 e. The number of rotatable bonds is 6. The molecule has 1 aliphatic rings. The van der Waals surface area contributed by atoms with Crippen LogP contribution in [-0.4, -0.2) is 31.1 Å². The van der Waals surface area contributed by atoms with Crippen LogP contribution in [-0.2, 0) is 0 Å². The molecule has 0 spiro atoms. The predicted octanol–water partition coefficient (Wildman–Crippen LogP) is 3.90. The maximum atomic E-state index is 5.98. The minimum absolute atomic E-state index is 0.399. The Hall–Kier alpha value is -0.0800. The molecule has 1 rings (SSSR count). The maximum absolute atomic E-state index is 5.98. The first kappa shape index (κ1) is 17.0. The third kappa shape index (κ3) is 5.43. The molecule has 0 bridgehead atoms. The largest absolute Gasteiger partial charge is 0.330 e. The van der Waals surface area contributed by atoms with Crippen LogP contribution in [0.2, 0.25) is 0 Å². The van der Waals surface area contributed by atoms with Crippen molar-refractivity contribution in [2.24, 2.45) is 22.5 Å². The molecule has 0 aromatic carbocycles. The fraction of sp³-hybridized carbons (Fsp3) is 1.00. The number of hydrogen-bond acceptors (Lipinski definition) is 2. The second-order valence-electron chi connectivity index (χ2n) is 7.87. The van der Waals surface area contributed by atoms with Crippen LogP contribution in [0.3, 0.4) is 0 Å². The second-order valence-corrected chi connectivity index (χ2v) is 7.87. The Labute approximate surface area is 121 Å². The molecule has 1 atom stereocenters. The van der Waals surface area contributed by atoms with E-state index >= 15 is 0 Å². The first-order valence-corrected chi connectivity index (χ1v) is 8.26. The van der Waals surface area contributed by atoms with Gasteiger partial charge in [-0.15, -0.1) is 0 Å². The lowest BCUT2D eigenvalue weighted by Crippen LogP contribution is -2.43. The van der Waals surface area contributed by atoms with Gasteiger partial charge in [-0.05, 0) is 55.6 Å². The Balaban J connectivity index is 2.43. The van der Waals surface area contributed by atoms with E-state index in [9.17, 15) is 0 Å². The standard InChI is InChI=1S/C17H36N2/c1-6-17(7-2)8-10-19(11-9-17)14-15(13-18)12-16(3,4)5/h15H,6-14,18H2,1-5H3. The highest BCUT2D eigenvalue weighted by atomic mass is 15.1. The number of nitrogens with zero attached hydrogens (tertiary/aromatic N) is 1. The summed E-state index contributed by atoms with van der Waals surface area (Å²) in [6.45, 7) is 16.3. The monoisotopic (exact) mass is 268 g/mol. The van der Waals surface area contributed by atoms with Gasteiger partial charge in [0.15, 0.2) is 0 Å². The van der Waals surface area contributed by atoms with Gasteiger partial charge in [0.1, 0.15) is 0 Å². The molecule has 1 saturated heterocycles. The highest BCUT2D eigenvalue weighted by Gasteiger charge is 2.32. The molecule has 2 N–H and O–H groups in total. The topological polar surface area (TPSA) is 29.3 Å². The van der Waals surface area contributed by atoms with E-state index in [1.165, 1.54) is 51.7 Å². The molecule has 0 saturated carbocycles. The van der Waals surface area contributed by atoms with Crippen molar-refractivity contribution >= 4 is 0 Å². The van der Waals surface area contributed by atoms with Gasteiger partial charge in [-0.3, -0.25) is 0 Å². The molecule has 0 radical (unpaired) electrons. The van der Waals surface area contributed by atoms with Crippen molar-refractivity contribution in [1.29, 1.82) is 0 Å². The molecule has 1 aliphatic heterocycles. The minimum Gasteiger partial charge on any atom is -0.330 e. The van der Waals surface area contributed by atoms with Crippen LogP contribution < -0.4 is 5.73 Å². The highest BCUT2D eigenvalue weighted by molar-refractivity contribution is 4.85. The normalized spacial score (nSPS) is 22.4. The van der Waals surface area contributed by atoms with Crippen molar-refractivity contribution in [3.63, 3.8) is 0 Å². The molecule has 1 heterocycles. The second kappa shape index (κ2) is 7.08. The minimum atomic E-state index is 0.399. The Morgan fingerprint density at radius 1 is 1.11 bits per heavy atom. The Bertz CT molecular complexity index is 240. The highest BCUT2D eigenvalue weighted by Crippen LogP contribution is 2.38. The molecule has 2 heteroatoms. The van der Waals surface area contributed by atoms with Gasteiger partial charge in [-0.1, -0.05) is 47.5 Å². The summed E-state index contributed by atoms with van der Waals surface area (Å²) in [5, 5.41) is 0. The zero-order chi connectivity index (χ0) is 14.5. The average molecular weight is 268 g/mol. The summed E-state index contributed by atoms with van der Waals surface area (Å²) in [4.78, 5) is 2.66. The smallest absolute Gasteiger partial charge is 0.00219 e. The van der Waals surface area contributed by atoms with E-state index in [4.69, 9.17) is 5.73 Å². The van der Waals surface area contributed by atoms with Gasteiger partial charge >= 0.3 is 0 Å². The first-order chi connectivity index (χ1) is 8.84. The lowest BCUT2D eigenvalue weighted by molar-refractivity contribution is 0.0793. The summed E-state index contributed by atoms with van der Waals surface area (Å²) in [6.07, 6.45) is 6.70. The third-order valence-corrected chi connectivity index (χ3v) is 5.17. The van der Waals surface area contributed by atoms with Gasteiger partial charge < -0.3 is 10.6 Å². The van der Waals surface area contributed by atoms with Gasteiger partial charge in [0, 0.05) is 6.54 Å². The van der Waals surface area contributed by atoms with Crippen LogP contribution in [0.1, 0.15) is 66.7 Å². The van der Waals surface area contributed by atoms with E-state index in [2.05, 4.69) is 39.5 Å². The lowest BCUT2D eigenvalue weighted by atomic mass is 9.74. The van der Waals surface area contributed by atoms with Gasteiger partial charge in [-0.2, -0.15) is 0 Å².